The smallest absolute Gasteiger partial charge is 0.233 e. The molecule has 2 saturated heterocycles. The van der Waals surface area contributed by atoms with Crippen LogP contribution in [0.5, 0.6) is 11.5 Å². The lowest BCUT2D eigenvalue weighted by Gasteiger charge is -2.27. The van der Waals surface area contributed by atoms with Crippen molar-refractivity contribution in [3.05, 3.63) is 23.8 Å². The third-order valence-corrected chi connectivity index (χ3v) is 6.29. The highest BCUT2D eigenvalue weighted by Gasteiger charge is 2.34. The molecule has 0 bridgehead atoms. The minimum Gasteiger partial charge on any atom is -0.493 e. The fraction of sp³-hybridized carbons (Fsp3) is 0.611. The zero-order valence-corrected chi connectivity index (χ0v) is 15.5. The van der Waals surface area contributed by atoms with Crippen molar-refractivity contribution < 1.29 is 14.3 Å². The number of hydrogen-bond acceptors (Lipinski definition) is 5. The topological polar surface area (TPSA) is 42.0 Å². The Morgan fingerprint density at radius 2 is 2.04 bits per heavy atom. The van der Waals surface area contributed by atoms with Gasteiger partial charge in [-0.05, 0) is 50.6 Å². The van der Waals surface area contributed by atoms with Crippen LogP contribution in [0.3, 0.4) is 0 Å². The highest BCUT2D eigenvalue weighted by molar-refractivity contribution is 8.00. The summed E-state index contributed by atoms with van der Waals surface area (Å²) in [6.07, 6.45) is 3.56. The first kappa shape index (κ1) is 17.4. The Labute approximate surface area is 148 Å². The van der Waals surface area contributed by atoms with Crippen molar-refractivity contribution in [3.8, 4) is 11.5 Å². The Kier molecular flexibility index (Phi) is 5.56. The standard InChI is InChI=1S/C18H26N2O3S/c1-19-9-4-5-14(19)8-10-20-17(21)12-24-18(20)13-6-7-15(22-2)16(11-13)23-3/h6-7,11,14,18H,4-5,8-10,12H2,1-3H3. The van der Waals surface area contributed by atoms with E-state index in [0.717, 1.165) is 24.3 Å². The first-order valence-corrected chi connectivity index (χ1v) is 9.52. The van der Waals surface area contributed by atoms with E-state index < -0.39 is 0 Å². The van der Waals surface area contributed by atoms with E-state index in [4.69, 9.17) is 9.47 Å². The minimum absolute atomic E-state index is 0.0732. The van der Waals surface area contributed by atoms with Crippen LogP contribution in [-0.2, 0) is 4.79 Å². The van der Waals surface area contributed by atoms with Gasteiger partial charge >= 0.3 is 0 Å². The predicted octanol–water partition coefficient (Wildman–Crippen LogP) is 2.76. The highest BCUT2D eigenvalue weighted by atomic mass is 32.2. The molecule has 2 fully saturated rings. The number of rotatable bonds is 6. The largest absolute Gasteiger partial charge is 0.493 e. The lowest BCUT2D eigenvalue weighted by molar-refractivity contribution is -0.128. The molecule has 0 radical (unpaired) electrons. The monoisotopic (exact) mass is 350 g/mol. The van der Waals surface area contributed by atoms with Crippen molar-refractivity contribution >= 4 is 17.7 Å². The van der Waals surface area contributed by atoms with Gasteiger partial charge in [-0.15, -0.1) is 11.8 Å². The van der Waals surface area contributed by atoms with E-state index in [1.165, 1.54) is 19.4 Å². The van der Waals surface area contributed by atoms with Crippen LogP contribution >= 0.6 is 11.8 Å². The molecule has 0 aromatic heterocycles. The molecule has 2 unspecified atom stereocenters. The highest BCUT2D eigenvalue weighted by Crippen LogP contribution is 2.41. The second-order valence-electron chi connectivity index (χ2n) is 6.43. The van der Waals surface area contributed by atoms with Crippen molar-refractivity contribution in [1.82, 2.24) is 9.80 Å². The lowest BCUT2D eigenvalue weighted by atomic mass is 10.1. The van der Waals surface area contributed by atoms with Gasteiger partial charge in [0.1, 0.15) is 5.37 Å². The van der Waals surface area contributed by atoms with E-state index in [0.29, 0.717) is 17.5 Å². The molecule has 2 heterocycles. The van der Waals surface area contributed by atoms with Gasteiger partial charge in [-0.3, -0.25) is 4.79 Å². The van der Waals surface area contributed by atoms with Gasteiger partial charge in [0, 0.05) is 12.6 Å². The zero-order valence-electron chi connectivity index (χ0n) is 14.7. The van der Waals surface area contributed by atoms with E-state index in [2.05, 4.69) is 11.9 Å². The van der Waals surface area contributed by atoms with E-state index in [9.17, 15) is 4.79 Å². The molecule has 2 aliphatic rings. The second kappa shape index (κ2) is 7.66. The molecular weight excluding hydrogens is 324 g/mol. The molecular formula is C18H26N2O3S. The van der Waals surface area contributed by atoms with Crippen LogP contribution < -0.4 is 9.47 Å². The maximum Gasteiger partial charge on any atom is 0.233 e. The van der Waals surface area contributed by atoms with Crippen molar-refractivity contribution in [2.75, 3.05) is 40.1 Å². The summed E-state index contributed by atoms with van der Waals surface area (Å²) in [5.74, 6) is 2.22. The molecule has 5 nitrogen and oxygen atoms in total. The molecule has 1 aromatic carbocycles. The maximum atomic E-state index is 12.4. The lowest BCUT2D eigenvalue weighted by Crippen LogP contribution is -2.34. The van der Waals surface area contributed by atoms with Gasteiger partial charge in [0.2, 0.25) is 5.91 Å². The summed E-state index contributed by atoms with van der Waals surface area (Å²) in [6.45, 7) is 1.99. The van der Waals surface area contributed by atoms with Crippen LogP contribution in [0.2, 0.25) is 0 Å². The third-order valence-electron chi connectivity index (χ3n) is 5.04. The summed E-state index contributed by atoms with van der Waals surface area (Å²) in [4.78, 5) is 16.8. The molecule has 0 aliphatic carbocycles. The van der Waals surface area contributed by atoms with Gasteiger partial charge in [-0.2, -0.15) is 0 Å². The van der Waals surface area contributed by atoms with Gasteiger partial charge in [-0.1, -0.05) is 6.07 Å². The summed E-state index contributed by atoms with van der Waals surface area (Å²) in [6, 6.07) is 6.55. The summed E-state index contributed by atoms with van der Waals surface area (Å²) in [5, 5.41) is 0.0732. The normalized spacial score (nSPS) is 24.6. The summed E-state index contributed by atoms with van der Waals surface area (Å²) in [5.41, 5.74) is 1.10. The molecule has 132 valence electrons. The number of nitrogens with zero attached hydrogens (tertiary/aromatic N) is 2. The van der Waals surface area contributed by atoms with Crippen LogP contribution in [0.4, 0.5) is 0 Å². The maximum absolute atomic E-state index is 12.4. The number of carbonyl (C=O) groups is 1. The molecule has 0 N–H and O–H groups in total. The predicted molar refractivity (Wildman–Crippen MR) is 96.7 cm³/mol. The van der Waals surface area contributed by atoms with Gasteiger partial charge in [0.05, 0.1) is 20.0 Å². The molecule has 2 atom stereocenters. The number of methoxy groups -OCH3 is 2. The van der Waals surface area contributed by atoms with E-state index in [1.54, 1.807) is 26.0 Å². The molecule has 1 amide bonds. The second-order valence-corrected chi connectivity index (χ2v) is 7.50. The van der Waals surface area contributed by atoms with Crippen molar-refractivity contribution in [2.45, 2.75) is 30.7 Å². The average Bonchev–Trinajstić information content (AvgIpc) is 3.17. The van der Waals surface area contributed by atoms with E-state index in [1.807, 2.05) is 23.1 Å². The number of carbonyl (C=O) groups excluding carboxylic acids is 1. The van der Waals surface area contributed by atoms with Gasteiger partial charge in [0.25, 0.3) is 0 Å². The van der Waals surface area contributed by atoms with Crippen molar-refractivity contribution in [3.63, 3.8) is 0 Å². The van der Waals surface area contributed by atoms with Crippen LogP contribution in [0.1, 0.15) is 30.2 Å². The molecule has 6 heteroatoms. The third kappa shape index (κ3) is 3.49. The first-order valence-electron chi connectivity index (χ1n) is 8.47. The Balaban J connectivity index is 1.72. The number of ether oxygens (including phenoxy) is 2. The van der Waals surface area contributed by atoms with E-state index in [-0.39, 0.29) is 11.3 Å². The molecule has 1 aromatic rings. The molecule has 24 heavy (non-hydrogen) atoms. The quantitative estimate of drug-likeness (QED) is 0.789. The average molecular weight is 350 g/mol. The number of likely N-dealkylation sites (tertiary alicyclic amines) is 1. The number of thioether (sulfide) groups is 1. The fourth-order valence-corrected chi connectivity index (χ4v) is 4.82. The Bertz CT molecular complexity index is 596. The summed E-state index contributed by atoms with van der Waals surface area (Å²) in [7, 11) is 5.46. The number of amides is 1. The van der Waals surface area contributed by atoms with Crippen LogP contribution in [0.15, 0.2) is 18.2 Å². The molecule has 3 rings (SSSR count). The van der Waals surface area contributed by atoms with Gasteiger partial charge in [0.15, 0.2) is 11.5 Å². The minimum atomic E-state index is 0.0732. The molecule has 2 aliphatic heterocycles. The summed E-state index contributed by atoms with van der Waals surface area (Å²) < 4.78 is 10.7. The fourth-order valence-electron chi connectivity index (χ4n) is 3.61. The van der Waals surface area contributed by atoms with Gasteiger partial charge in [-0.25, -0.2) is 0 Å². The number of hydrogen-bond donors (Lipinski definition) is 0. The molecule has 0 saturated carbocycles. The van der Waals surface area contributed by atoms with Crippen molar-refractivity contribution in [1.29, 1.82) is 0 Å². The van der Waals surface area contributed by atoms with Crippen LogP contribution in [0, 0.1) is 0 Å². The Hall–Kier alpha value is -1.40. The molecule has 0 spiro atoms. The van der Waals surface area contributed by atoms with Crippen molar-refractivity contribution in [2.24, 2.45) is 0 Å². The van der Waals surface area contributed by atoms with E-state index >= 15 is 0 Å². The Morgan fingerprint density at radius 3 is 2.71 bits per heavy atom. The SMILES string of the molecule is COc1ccc(C2SCC(=O)N2CCC2CCCN2C)cc1OC. The zero-order chi connectivity index (χ0) is 17.1. The Morgan fingerprint density at radius 1 is 1.25 bits per heavy atom. The van der Waals surface area contributed by atoms with Gasteiger partial charge < -0.3 is 19.3 Å². The van der Waals surface area contributed by atoms with Crippen LogP contribution in [0.25, 0.3) is 0 Å². The number of benzene rings is 1. The van der Waals surface area contributed by atoms with Crippen LogP contribution in [-0.4, -0.2) is 61.9 Å². The first-order chi connectivity index (χ1) is 11.6. The summed E-state index contributed by atoms with van der Waals surface area (Å²) >= 11 is 1.69.